The summed E-state index contributed by atoms with van der Waals surface area (Å²) in [4.78, 5) is 17.7. The van der Waals surface area contributed by atoms with Crippen LogP contribution < -0.4 is 5.73 Å². The first-order chi connectivity index (χ1) is 15.6. The highest BCUT2D eigenvalue weighted by molar-refractivity contribution is 5.81. The van der Waals surface area contributed by atoms with E-state index in [0.717, 1.165) is 49.0 Å². The molecule has 4 fully saturated rings. The van der Waals surface area contributed by atoms with Crippen LogP contribution in [-0.2, 0) is 4.79 Å². The molecule has 186 valence electrons. The van der Waals surface area contributed by atoms with Crippen molar-refractivity contribution < 1.29 is 4.79 Å². The van der Waals surface area contributed by atoms with Crippen LogP contribution in [-0.4, -0.2) is 54.5 Å². The van der Waals surface area contributed by atoms with Crippen LogP contribution in [0.4, 0.5) is 0 Å². The zero-order chi connectivity index (χ0) is 23.7. The average molecular weight is 456 g/mol. The molecule has 1 saturated heterocycles. The molecule has 3 saturated carbocycles. The van der Waals surface area contributed by atoms with E-state index in [2.05, 4.69) is 45.7 Å². The maximum Gasteiger partial charge on any atom is 0.239 e. The topological polar surface area (TPSA) is 49.6 Å². The van der Waals surface area contributed by atoms with Crippen LogP contribution in [0.2, 0.25) is 0 Å². The molecule has 0 aromatic heterocycles. The van der Waals surface area contributed by atoms with Crippen LogP contribution in [0.15, 0.2) is 11.6 Å². The number of hydrogen-bond acceptors (Lipinski definition) is 3. The Bertz CT molecular complexity index is 807. The number of allylic oxidation sites excluding steroid dienone is 1. The van der Waals surface area contributed by atoms with Crippen LogP contribution in [0.5, 0.6) is 0 Å². The van der Waals surface area contributed by atoms with E-state index in [1.54, 1.807) is 5.57 Å². The molecule has 1 amide bonds. The van der Waals surface area contributed by atoms with Crippen LogP contribution in [0.25, 0.3) is 0 Å². The molecule has 5 aliphatic rings. The van der Waals surface area contributed by atoms with Crippen LogP contribution in [0.1, 0.15) is 85.5 Å². The predicted octanol–water partition coefficient (Wildman–Crippen LogP) is 5.08. The zero-order valence-electron chi connectivity index (χ0n) is 22.1. The second kappa shape index (κ2) is 8.36. The molecule has 4 aliphatic carbocycles. The smallest absolute Gasteiger partial charge is 0.239 e. The molecular weight excluding hydrogens is 406 g/mol. The molecule has 5 rings (SSSR count). The van der Waals surface area contributed by atoms with Gasteiger partial charge in [-0.25, -0.2) is 0 Å². The number of carbonyl (C=O) groups is 1. The van der Waals surface area contributed by atoms with Gasteiger partial charge in [0.1, 0.15) is 0 Å². The lowest BCUT2D eigenvalue weighted by atomic mass is 9.47. The van der Waals surface area contributed by atoms with Gasteiger partial charge in [-0.05, 0) is 112 Å². The molecule has 1 unspecified atom stereocenters. The van der Waals surface area contributed by atoms with E-state index in [-0.39, 0.29) is 11.9 Å². The number of carbonyl (C=O) groups excluding carboxylic acids is 1. The summed E-state index contributed by atoms with van der Waals surface area (Å²) in [6.07, 6.45) is 13.9. The fourth-order valence-corrected chi connectivity index (χ4v) is 9.82. The molecule has 4 nitrogen and oxygen atoms in total. The van der Waals surface area contributed by atoms with Gasteiger partial charge in [-0.2, -0.15) is 0 Å². The van der Waals surface area contributed by atoms with E-state index in [9.17, 15) is 4.79 Å². The standard InChI is InChI=1S/C29H49N3O/c1-18(2)15-26(30)27(33)32(6)21-11-13-28(4)20(16-21)7-8-22-24(28)12-14-29-17-31(5)19(3)23(29)9-10-25(22)29/h7,18-19,21-26H,8-17,30H2,1-6H3/t19-,21-,22+,23+,24?,25-,26-,28-,29-/m0/s1. The molecule has 2 N–H and O–H groups in total. The van der Waals surface area contributed by atoms with Crippen molar-refractivity contribution in [3.8, 4) is 0 Å². The third-order valence-corrected chi connectivity index (χ3v) is 11.6. The molecule has 0 radical (unpaired) electrons. The number of amides is 1. The van der Waals surface area contributed by atoms with Gasteiger partial charge in [0.15, 0.2) is 0 Å². The zero-order valence-corrected chi connectivity index (χ0v) is 22.1. The van der Waals surface area contributed by atoms with E-state index in [4.69, 9.17) is 5.73 Å². The second-order valence-corrected chi connectivity index (χ2v) is 13.5. The minimum absolute atomic E-state index is 0.141. The SMILES string of the molecule is CC(C)C[C@H](N)C(=O)N(C)[C@H]1CC[C@@]2(C)C(=CC[C@@H]3C2CC[C@]24CN(C)[C@@H](C)[C@H]2CC[C@@H]34)C1. The van der Waals surface area contributed by atoms with E-state index in [0.29, 0.717) is 22.8 Å². The minimum atomic E-state index is -0.357. The van der Waals surface area contributed by atoms with Crippen molar-refractivity contribution in [2.75, 3.05) is 20.6 Å². The average Bonchev–Trinajstić information content (AvgIpc) is 3.25. The fraction of sp³-hybridized carbons (Fsp3) is 0.897. The summed E-state index contributed by atoms with van der Waals surface area (Å²) in [5.41, 5.74) is 8.89. The summed E-state index contributed by atoms with van der Waals surface area (Å²) >= 11 is 0. The Labute approximate surface area is 202 Å². The Balaban J connectivity index is 1.32. The highest BCUT2D eigenvalue weighted by Crippen LogP contribution is 2.68. The quantitative estimate of drug-likeness (QED) is 0.602. The number of nitrogens with two attached hydrogens (primary N) is 1. The second-order valence-electron chi connectivity index (χ2n) is 13.5. The maximum absolute atomic E-state index is 13.0. The minimum Gasteiger partial charge on any atom is -0.341 e. The summed E-state index contributed by atoms with van der Waals surface area (Å²) < 4.78 is 0. The number of likely N-dealkylation sites (N-methyl/N-ethyl adjacent to an activating group) is 1. The van der Waals surface area contributed by atoms with Gasteiger partial charge < -0.3 is 15.5 Å². The Morgan fingerprint density at radius 2 is 1.91 bits per heavy atom. The molecule has 4 heteroatoms. The van der Waals surface area contributed by atoms with Gasteiger partial charge in [0.05, 0.1) is 6.04 Å². The van der Waals surface area contributed by atoms with Crippen molar-refractivity contribution in [1.82, 2.24) is 9.80 Å². The summed E-state index contributed by atoms with van der Waals surface area (Å²) in [7, 11) is 4.37. The molecule has 9 atom stereocenters. The Morgan fingerprint density at radius 1 is 1.18 bits per heavy atom. The summed E-state index contributed by atoms with van der Waals surface area (Å²) in [5.74, 6) is 4.18. The van der Waals surface area contributed by atoms with Gasteiger partial charge in [-0.3, -0.25) is 4.79 Å². The van der Waals surface area contributed by atoms with Gasteiger partial charge in [-0.1, -0.05) is 32.4 Å². The molecule has 33 heavy (non-hydrogen) atoms. The normalized spacial score (nSPS) is 45.6. The predicted molar refractivity (Wildman–Crippen MR) is 136 cm³/mol. The lowest BCUT2D eigenvalue weighted by Crippen LogP contribution is -2.54. The van der Waals surface area contributed by atoms with Crippen molar-refractivity contribution in [2.45, 2.75) is 104 Å². The maximum atomic E-state index is 13.0. The van der Waals surface area contributed by atoms with Gasteiger partial charge in [0, 0.05) is 25.7 Å². The first-order valence-electron chi connectivity index (χ1n) is 14.0. The van der Waals surface area contributed by atoms with Crippen molar-refractivity contribution >= 4 is 5.91 Å². The highest BCUT2D eigenvalue weighted by atomic mass is 16.2. The third kappa shape index (κ3) is 3.56. The molecule has 0 bridgehead atoms. The number of hydrogen-bond donors (Lipinski definition) is 1. The van der Waals surface area contributed by atoms with Crippen molar-refractivity contribution in [2.24, 2.45) is 46.2 Å². The summed E-state index contributed by atoms with van der Waals surface area (Å²) in [6.45, 7) is 10.7. The van der Waals surface area contributed by atoms with E-state index in [1.165, 1.54) is 45.1 Å². The first-order valence-corrected chi connectivity index (χ1v) is 14.0. The number of rotatable bonds is 4. The fourth-order valence-electron chi connectivity index (χ4n) is 9.82. The first kappa shape index (κ1) is 23.9. The van der Waals surface area contributed by atoms with Gasteiger partial charge in [0.2, 0.25) is 5.91 Å². The van der Waals surface area contributed by atoms with Crippen LogP contribution in [0.3, 0.4) is 0 Å². The van der Waals surface area contributed by atoms with Gasteiger partial charge in [0.25, 0.3) is 0 Å². The van der Waals surface area contributed by atoms with Crippen LogP contribution >= 0.6 is 0 Å². The molecule has 1 spiro atoms. The number of nitrogens with zero attached hydrogens (tertiary/aromatic N) is 2. The summed E-state index contributed by atoms with van der Waals surface area (Å²) in [6, 6.07) is 0.730. The summed E-state index contributed by atoms with van der Waals surface area (Å²) in [5, 5.41) is 0. The lowest BCUT2D eigenvalue weighted by molar-refractivity contribution is -0.134. The molecule has 0 aromatic carbocycles. The molecule has 0 aromatic rings. The number of likely N-dealkylation sites (tertiary alicyclic amines) is 1. The highest BCUT2D eigenvalue weighted by Gasteiger charge is 2.64. The molecule has 1 aliphatic heterocycles. The van der Waals surface area contributed by atoms with E-state index in [1.807, 2.05) is 11.9 Å². The molecule has 1 heterocycles. The van der Waals surface area contributed by atoms with E-state index >= 15 is 0 Å². The van der Waals surface area contributed by atoms with E-state index < -0.39 is 0 Å². The Kier molecular flexibility index (Phi) is 6.04. The Morgan fingerprint density at radius 3 is 2.64 bits per heavy atom. The largest absolute Gasteiger partial charge is 0.341 e. The van der Waals surface area contributed by atoms with Gasteiger partial charge >= 0.3 is 0 Å². The lowest BCUT2D eigenvalue weighted by Gasteiger charge is -2.58. The monoisotopic (exact) mass is 455 g/mol. The van der Waals surface area contributed by atoms with Crippen molar-refractivity contribution in [3.05, 3.63) is 11.6 Å². The van der Waals surface area contributed by atoms with Crippen molar-refractivity contribution in [3.63, 3.8) is 0 Å². The van der Waals surface area contributed by atoms with Crippen LogP contribution in [0, 0.1) is 40.4 Å². The van der Waals surface area contributed by atoms with Crippen molar-refractivity contribution in [1.29, 1.82) is 0 Å². The van der Waals surface area contributed by atoms with Gasteiger partial charge in [-0.15, -0.1) is 0 Å². The third-order valence-electron chi connectivity index (χ3n) is 11.6. The molecular formula is C29H49N3O. The number of fused-ring (bicyclic) bond motifs is 4. The Hall–Kier alpha value is -0.870.